The number of hydrogen-bond acceptors (Lipinski definition) is 5. The van der Waals surface area contributed by atoms with Gasteiger partial charge in [-0.2, -0.15) is 5.10 Å². The highest BCUT2D eigenvalue weighted by Crippen LogP contribution is 2.19. The maximum Gasteiger partial charge on any atom is 0.313 e. The molecule has 23 heavy (non-hydrogen) atoms. The van der Waals surface area contributed by atoms with E-state index in [1.54, 1.807) is 4.68 Å². The van der Waals surface area contributed by atoms with Crippen LogP contribution in [0.25, 0.3) is 16.7 Å². The van der Waals surface area contributed by atoms with Gasteiger partial charge in [-0.05, 0) is 37.1 Å². The minimum absolute atomic E-state index is 0.174. The van der Waals surface area contributed by atoms with Crippen molar-refractivity contribution in [2.45, 2.75) is 19.0 Å². The van der Waals surface area contributed by atoms with Gasteiger partial charge in [-0.3, -0.25) is 9.59 Å². The summed E-state index contributed by atoms with van der Waals surface area (Å²) in [7, 11) is 0. The molecule has 0 saturated carbocycles. The summed E-state index contributed by atoms with van der Waals surface area (Å²) >= 11 is 0.963. The molecule has 0 aliphatic carbocycles. The molecule has 3 rings (SSSR count). The molecule has 2 heterocycles. The second-order valence-corrected chi connectivity index (χ2v) is 6.08. The van der Waals surface area contributed by atoms with Crippen LogP contribution in [0.2, 0.25) is 0 Å². The van der Waals surface area contributed by atoms with E-state index in [0.717, 1.165) is 28.6 Å². The fourth-order valence-electron chi connectivity index (χ4n) is 2.14. The molecule has 1 aromatic carbocycles. The average Bonchev–Trinajstić information content (AvgIpc) is 2.92. The Kier molecular flexibility index (Phi) is 3.91. The first-order chi connectivity index (χ1) is 11.0. The van der Waals surface area contributed by atoms with Crippen molar-refractivity contribution < 1.29 is 9.90 Å². The topological polar surface area (TPSA) is 101 Å². The van der Waals surface area contributed by atoms with Crippen LogP contribution in [0.5, 0.6) is 0 Å². The van der Waals surface area contributed by atoms with Gasteiger partial charge in [-0.1, -0.05) is 17.8 Å². The molecule has 0 radical (unpaired) electrons. The molecule has 7 nitrogen and oxygen atoms in total. The lowest BCUT2D eigenvalue weighted by atomic mass is 10.1. The number of hydrogen-bond donors (Lipinski definition) is 2. The molecule has 0 aliphatic heterocycles. The van der Waals surface area contributed by atoms with Gasteiger partial charge in [-0.15, -0.1) is 0 Å². The maximum atomic E-state index is 12.1. The first kappa shape index (κ1) is 15.3. The summed E-state index contributed by atoms with van der Waals surface area (Å²) in [6.07, 6.45) is 1.46. The Morgan fingerprint density at radius 3 is 2.83 bits per heavy atom. The molecule has 118 valence electrons. The largest absolute Gasteiger partial charge is 0.481 e. The number of H-pyrrole nitrogens is 1. The van der Waals surface area contributed by atoms with Crippen LogP contribution in [0.3, 0.4) is 0 Å². The number of nitrogens with one attached hydrogen (secondary N) is 1. The lowest BCUT2D eigenvalue weighted by Gasteiger charge is -2.06. The number of rotatable bonds is 4. The molecule has 8 heteroatoms. The number of nitrogens with zero attached hydrogens (tertiary/aromatic N) is 3. The summed E-state index contributed by atoms with van der Waals surface area (Å²) in [6, 6.07) is 5.85. The SMILES string of the molecule is Cc1ccc(-n2ncc3c(=O)[nH]c(SCC(=O)O)nc32)cc1C. The minimum atomic E-state index is -0.972. The molecule has 0 bridgehead atoms. The normalized spacial score (nSPS) is 11.0. The smallest absolute Gasteiger partial charge is 0.313 e. The summed E-state index contributed by atoms with van der Waals surface area (Å²) in [5.41, 5.74) is 3.14. The molecule has 0 atom stereocenters. The zero-order chi connectivity index (χ0) is 16.6. The predicted molar refractivity (Wildman–Crippen MR) is 87.3 cm³/mol. The van der Waals surface area contributed by atoms with Crippen LogP contribution in [0.15, 0.2) is 34.3 Å². The van der Waals surface area contributed by atoms with Gasteiger partial charge in [0.1, 0.15) is 5.39 Å². The van der Waals surface area contributed by atoms with Crippen LogP contribution in [-0.2, 0) is 4.79 Å². The highest BCUT2D eigenvalue weighted by molar-refractivity contribution is 7.99. The Hall–Kier alpha value is -2.61. The van der Waals surface area contributed by atoms with Crippen LogP contribution in [0.4, 0.5) is 0 Å². The van der Waals surface area contributed by atoms with E-state index in [4.69, 9.17) is 5.11 Å². The third-order valence-corrected chi connectivity index (χ3v) is 4.34. The van der Waals surface area contributed by atoms with E-state index >= 15 is 0 Å². The standard InChI is InChI=1S/C15H14N4O3S/c1-8-3-4-10(5-9(8)2)19-13-11(6-16-19)14(22)18-15(17-13)23-7-12(20)21/h3-6H,7H2,1-2H3,(H,20,21)(H,17,18,22). The molecule has 2 aromatic heterocycles. The Bertz CT molecular complexity index is 961. The van der Waals surface area contributed by atoms with Crippen LogP contribution in [0.1, 0.15) is 11.1 Å². The van der Waals surface area contributed by atoms with Crippen LogP contribution >= 0.6 is 11.8 Å². The van der Waals surface area contributed by atoms with E-state index in [1.807, 2.05) is 32.0 Å². The molecular weight excluding hydrogens is 316 g/mol. The van der Waals surface area contributed by atoms with Crippen molar-refractivity contribution in [3.05, 3.63) is 45.9 Å². The monoisotopic (exact) mass is 330 g/mol. The second kappa shape index (κ2) is 5.88. The molecule has 0 amide bonds. The number of aromatic amines is 1. The molecule has 3 aromatic rings. The fourth-order valence-corrected chi connectivity index (χ4v) is 2.72. The first-order valence-corrected chi connectivity index (χ1v) is 7.84. The van der Waals surface area contributed by atoms with Crippen LogP contribution < -0.4 is 5.56 Å². The summed E-state index contributed by atoms with van der Waals surface area (Å²) in [4.78, 5) is 29.7. The van der Waals surface area contributed by atoms with Crippen molar-refractivity contribution in [3.8, 4) is 5.69 Å². The minimum Gasteiger partial charge on any atom is -0.481 e. The van der Waals surface area contributed by atoms with Crippen molar-refractivity contribution in [2.24, 2.45) is 0 Å². The third kappa shape index (κ3) is 2.98. The highest BCUT2D eigenvalue weighted by Gasteiger charge is 2.13. The molecule has 0 saturated heterocycles. The van der Waals surface area contributed by atoms with Gasteiger partial charge in [-0.25, -0.2) is 9.67 Å². The Morgan fingerprint density at radius 1 is 1.35 bits per heavy atom. The summed E-state index contributed by atoms with van der Waals surface area (Å²) in [5, 5.41) is 13.6. The Labute approximate surface area is 135 Å². The number of carboxylic acid groups (broad SMARTS) is 1. The number of aryl methyl sites for hydroxylation is 2. The molecule has 0 fully saturated rings. The predicted octanol–water partition coefficient (Wildman–Crippen LogP) is 1.90. The van der Waals surface area contributed by atoms with Gasteiger partial charge in [0.15, 0.2) is 10.8 Å². The number of benzene rings is 1. The number of aliphatic carboxylic acids is 1. The summed E-state index contributed by atoms with van der Waals surface area (Å²) < 4.78 is 1.59. The lowest BCUT2D eigenvalue weighted by Crippen LogP contribution is -2.11. The first-order valence-electron chi connectivity index (χ1n) is 6.86. The van der Waals surface area contributed by atoms with E-state index in [1.165, 1.54) is 6.20 Å². The van der Waals surface area contributed by atoms with Gasteiger partial charge in [0.05, 0.1) is 17.6 Å². The number of carbonyl (C=O) groups is 1. The maximum absolute atomic E-state index is 12.1. The quantitative estimate of drug-likeness (QED) is 0.560. The summed E-state index contributed by atoms with van der Waals surface area (Å²) in [5.74, 6) is -1.15. The van der Waals surface area contributed by atoms with E-state index < -0.39 is 5.97 Å². The van der Waals surface area contributed by atoms with Crippen molar-refractivity contribution in [1.82, 2.24) is 19.7 Å². The summed E-state index contributed by atoms with van der Waals surface area (Å²) in [6.45, 7) is 4.02. The van der Waals surface area contributed by atoms with E-state index in [2.05, 4.69) is 15.1 Å². The molecule has 0 unspecified atom stereocenters. The molecule has 2 N–H and O–H groups in total. The van der Waals surface area contributed by atoms with Crippen molar-refractivity contribution in [3.63, 3.8) is 0 Å². The number of aromatic nitrogens is 4. The van der Waals surface area contributed by atoms with Crippen molar-refractivity contribution in [1.29, 1.82) is 0 Å². The average molecular weight is 330 g/mol. The number of carboxylic acids is 1. The molecular formula is C15H14N4O3S. The number of fused-ring (bicyclic) bond motifs is 1. The lowest BCUT2D eigenvalue weighted by molar-refractivity contribution is -0.133. The van der Waals surface area contributed by atoms with Gasteiger partial charge in [0.25, 0.3) is 5.56 Å². The number of thioether (sulfide) groups is 1. The van der Waals surface area contributed by atoms with Gasteiger partial charge >= 0.3 is 5.97 Å². The molecule has 0 aliphatic rings. The zero-order valence-electron chi connectivity index (χ0n) is 12.5. The Balaban J connectivity index is 2.12. The molecule has 0 spiro atoms. The zero-order valence-corrected chi connectivity index (χ0v) is 13.3. The fraction of sp³-hybridized carbons (Fsp3) is 0.200. The second-order valence-electron chi connectivity index (χ2n) is 5.12. The van der Waals surface area contributed by atoms with E-state index in [-0.39, 0.29) is 16.5 Å². The highest BCUT2D eigenvalue weighted by atomic mass is 32.2. The van der Waals surface area contributed by atoms with E-state index in [9.17, 15) is 9.59 Å². The third-order valence-electron chi connectivity index (χ3n) is 3.48. The Morgan fingerprint density at radius 2 is 2.13 bits per heavy atom. The van der Waals surface area contributed by atoms with Crippen LogP contribution in [0, 0.1) is 13.8 Å². The van der Waals surface area contributed by atoms with Crippen molar-refractivity contribution in [2.75, 3.05) is 5.75 Å². The van der Waals surface area contributed by atoms with Crippen molar-refractivity contribution >= 4 is 28.8 Å². The van der Waals surface area contributed by atoms with E-state index in [0.29, 0.717) is 11.0 Å². The van der Waals surface area contributed by atoms with Crippen LogP contribution in [-0.4, -0.2) is 36.6 Å². The van der Waals surface area contributed by atoms with Gasteiger partial charge in [0, 0.05) is 0 Å². The van der Waals surface area contributed by atoms with Gasteiger partial charge < -0.3 is 10.1 Å². The van der Waals surface area contributed by atoms with Gasteiger partial charge in [0.2, 0.25) is 0 Å².